The van der Waals surface area contributed by atoms with E-state index in [1.54, 1.807) is 30.3 Å². The standard InChI is InChI=1S/C25H19N3O4/c29-25(24(18-9-3-1-4-10-18)19-11-5-2-6-12-19)27-26-17-20-15-16-23(32-20)21-13-7-8-14-22(21)28(30)31/h1-17,24H,(H,27,29)/b26-17-. The SMILES string of the molecule is O=C(N/N=C\c1ccc(-c2ccccc2[N+](=O)[O-])o1)C(c1ccccc1)c1ccccc1. The van der Waals surface area contributed by atoms with Crippen LogP contribution < -0.4 is 5.43 Å². The number of rotatable bonds is 7. The summed E-state index contributed by atoms with van der Waals surface area (Å²) in [5.41, 5.74) is 4.59. The number of nitro groups is 1. The van der Waals surface area contributed by atoms with Crippen molar-refractivity contribution in [3.8, 4) is 11.3 Å². The lowest BCUT2D eigenvalue weighted by atomic mass is 9.91. The molecule has 32 heavy (non-hydrogen) atoms. The Kier molecular flexibility index (Phi) is 6.17. The molecule has 0 radical (unpaired) electrons. The van der Waals surface area contributed by atoms with Crippen molar-refractivity contribution in [1.29, 1.82) is 0 Å². The van der Waals surface area contributed by atoms with Crippen LogP contribution in [0.4, 0.5) is 5.69 Å². The van der Waals surface area contributed by atoms with Crippen LogP contribution in [0.1, 0.15) is 22.8 Å². The molecular weight excluding hydrogens is 406 g/mol. The smallest absolute Gasteiger partial charge is 0.280 e. The Morgan fingerprint density at radius 1 is 0.875 bits per heavy atom. The molecule has 0 atom stereocenters. The fraction of sp³-hybridized carbons (Fsp3) is 0.0400. The first-order valence-corrected chi connectivity index (χ1v) is 9.90. The maximum absolute atomic E-state index is 13.0. The summed E-state index contributed by atoms with van der Waals surface area (Å²) >= 11 is 0. The molecule has 1 N–H and O–H groups in total. The van der Waals surface area contributed by atoms with Crippen LogP contribution in [0, 0.1) is 10.1 Å². The summed E-state index contributed by atoms with van der Waals surface area (Å²) in [5, 5.41) is 15.3. The number of hydrazone groups is 1. The van der Waals surface area contributed by atoms with E-state index in [1.165, 1.54) is 12.3 Å². The molecule has 0 aliphatic carbocycles. The van der Waals surface area contributed by atoms with Gasteiger partial charge in [0, 0.05) is 6.07 Å². The van der Waals surface area contributed by atoms with Gasteiger partial charge in [-0.2, -0.15) is 5.10 Å². The highest BCUT2D eigenvalue weighted by Crippen LogP contribution is 2.30. The third kappa shape index (κ3) is 4.62. The van der Waals surface area contributed by atoms with Gasteiger partial charge in [-0.1, -0.05) is 72.8 Å². The Bertz CT molecular complexity index is 1210. The van der Waals surface area contributed by atoms with Gasteiger partial charge in [0.2, 0.25) is 0 Å². The van der Waals surface area contributed by atoms with Crippen molar-refractivity contribution in [2.45, 2.75) is 5.92 Å². The van der Waals surface area contributed by atoms with E-state index in [-0.39, 0.29) is 11.6 Å². The van der Waals surface area contributed by atoms with E-state index in [9.17, 15) is 14.9 Å². The van der Waals surface area contributed by atoms with Gasteiger partial charge in [0.05, 0.1) is 22.6 Å². The highest BCUT2D eigenvalue weighted by Gasteiger charge is 2.22. The molecule has 0 bridgehead atoms. The molecule has 0 fully saturated rings. The Labute approximate surface area is 184 Å². The molecule has 0 spiro atoms. The molecular formula is C25H19N3O4. The number of carbonyl (C=O) groups excluding carboxylic acids is 1. The Balaban J connectivity index is 1.51. The Morgan fingerprint density at radius 3 is 2.09 bits per heavy atom. The molecule has 3 aromatic carbocycles. The molecule has 0 unspecified atom stereocenters. The molecule has 1 aromatic heterocycles. The topological polar surface area (TPSA) is 97.7 Å². The lowest BCUT2D eigenvalue weighted by Gasteiger charge is -2.16. The number of hydrogen-bond acceptors (Lipinski definition) is 5. The number of benzene rings is 3. The van der Waals surface area contributed by atoms with Crippen molar-refractivity contribution >= 4 is 17.8 Å². The van der Waals surface area contributed by atoms with E-state index in [0.29, 0.717) is 17.1 Å². The van der Waals surface area contributed by atoms with Gasteiger partial charge < -0.3 is 4.42 Å². The molecule has 158 valence electrons. The molecule has 0 aliphatic rings. The van der Waals surface area contributed by atoms with Crippen molar-refractivity contribution in [3.05, 3.63) is 124 Å². The molecule has 0 saturated heterocycles. The van der Waals surface area contributed by atoms with Crippen LogP contribution in [-0.4, -0.2) is 17.0 Å². The predicted molar refractivity (Wildman–Crippen MR) is 121 cm³/mol. The number of amides is 1. The molecule has 1 heterocycles. The summed E-state index contributed by atoms with van der Waals surface area (Å²) in [6, 6.07) is 28.5. The van der Waals surface area contributed by atoms with Crippen molar-refractivity contribution in [3.63, 3.8) is 0 Å². The van der Waals surface area contributed by atoms with Gasteiger partial charge in [0.15, 0.2) is 0 Å². The monoisotopic (exact) mass is 425 g/mol. The molecule has 0 aliphatic heterocycles. The lowest BCUT2D eigenvalue weighted by molar-refractivity contribution is -0.384. The van der Waals surface area contributed by atoms with E-state index < -0.39 is 10.8 Å². The van der Waals surface area contributed by atoms with Gasteiger partial charge >= 0.3 is 0 Å². The van der Waals surface area contributed by atoms with Crippen molar-refractivity contribution < 1.29 is 14.1 Å². The normalized spacial score (nSPS) is 11.0. The van der Waals surface area contributed by atoms with Crippen LogP contribution in [-0.2, 0) is 4.79 Å². The number of para-hydroxylation sites is 1. The van der Waals surface area contributed by atoms with Crippen LogP contribution in [0.15, 0.2) is 107 Å². The summed E-state index contributed by atoms with van der Waals surface area (Å²) in [6.45, 7) is 0. The van der Waals surface area contributed by atoms with E-state index in [0.717, 1.165) is 11.1 Å². The average molecular weight is 425 g/mol. The third-order valence-electron chi connectivity index (χ3n) is 4.89. The van der Waals surface area contributed by atoms with Crippen molar-refractivity contribution in [2.24, 2.45) is 5.10 Å². The summed E-state index contributed by atoms with van der Waals surface area (Å²) in [7, 11) is 0. The maximum atomic E-state index is 13.0. The summed E-state index contributed by atoms with van der Waals surface area (Å²) < 4.78 is 5.67. The molecule has 7 heteroatoms. The first kappa shape index (κ1) is 20.7. The second-order valence-corrected chi connectivity index (χ2v) is 6.96. The van der Waals surface area contributed by atoms with Crippen LogP contribution in [0.3, 0.4) is 0 Å². The molecule has 0 saturated carbocycles. The average Bonchev–Trinajstić information content (AvgIpc) is 3.29. The van der Waals surface area contributed by atoms with E-state index in [1.807, 2.05) is 60.7 Å². The molecule has 7 nitrogen and oxygen atoms in total. The van der Waals surface area contributed by atoms with Crippen LogP contribution in [0.5, 0.6) is 0 Å². The van der Waals surface area contributed by atoms with Crippen LogP contribution in [0.25, 0.3) is 11.3 Å². The number of carbonyl (C=O) groups is 1. The fourth-order valence-electron chi connectivity index (χ4n) is 3.42. The zero-order valence-corrected chi connectivity index (χ0v) is 16.9. The highest BCUT2D eigenvalue weighted by atomic mass is 16.6. The third-order valence-corrected chi connectivity index (χ3v) is 4.89. The summed E-state index contributed by atoms with van der Waals surface area (Å²) in [4.78, 5) is 23.7. The summed E-state index contributed by atoms with van der Waals surface area (Å²) in [6.07, 6.45) is 1.36. The minimum absolute atomic E-state index is 0.0489. The Hall–Kier alpha value is -4.52. The summed E-state index contributed by atoms with van der Waals surface area (Å²) in [5.74, 6) is -0.108. The van der Waals surface area contributed by atoms with E-state index >= 15 is 0 Å². The quantitative estimate of drug-likeness (QED) is 0.252. The van der Waals surface area contributed by atoms with Gasteiger partial charge in [0.25, 0.3) is 11.6 Å². The number of nitro benzene ring substituents is 1. The minimum Gasteiger partial charge on any atom is -0.455 e. The molecule has 4 aromatic rings. The van der Waals surface area contributed by atoms with Crippen molar-refractivity contribution in [2.75, 3.05) is 0 Å². The largest absolute Gasteiger partial charge is 0.455 e. The van der Waals surface area contributed by atoms with Gasteiger partial charge in [-0.15, -0.1) is 0 Å². The van der Waals surface area contributed by atoms with E-state index in [2.05, 4.69) is 10.5 Å². The number of furan rings is 1. The minimum atomic E-state index is -0.520. The number of hydrogen-bond donors (Lipinski definition) is 1. The second-order valence-electron chi connectivity index (χ2n) is 6.96. The zero-order chi connectivity index (χ0) is 22.3. The number of nitrogens with zero attached hydrogens (tertiary/aromatic N) is 2. The van der Waals surface area contributed by atoms with Crippen LogP contribution in [0.2, 0.25) is 0 Å². The molecule has 1 amide bonds. The molecule has 4 rings (SSSR count). The number of nitrogens with one attached hydrogen (secondary N) is 1. The van der Waals surface area contributed by atoms with E-state index in [4.69, 9.17) is 4.42 Å². The maximum Gasteiger partial charge on any atom is 0.280 e. The first-order chi connectivity index (χ1) is 15.6. The van der Waals surface area contributed by atoms with Crippen LogP contribution >= 0.6 is 0 Å². The zero-order valence-electron chi connectivity index (χ0n) is 16.9. The van der Waals surface area contributed by atoms with Gasteiger partial charge in [0.1, 0.15) is 11.5 Å². The predicted octanol–water partition coefficient (Wildman–Crippen LogP) is 5.14. The lowest BCUT2D eigenvalue weighted by Crippen LogP contribution is -2.26. The van der Waals surface area contributed by atoms with Gasteiger partial charge in [-0.3, -0.25) is 14.9 Å². The highest BCUT2D eigenvalue weighted by molar-refractivity contribution is 5.88. The van der Waals surface area contributed by atoms with Gasteiger partial charge in [-0.05, 0) is 29.3 Å². The fourth-order valence-corrected chi connectivity index (χ4v) is 3.42. The second kappa shape index (κ2) is 9.53. The first-order valence-electron chi connectivity index (χ1n) is 9.90. The van der Waals surface area contributed by atoms with Crippen molar-refractivity contribution in [1.82, 2.24) is 5.43 Å². The Morgan fingerprint density at radius 2 is 1.47 bits per heavy atom. The van der Waals surface area contributed by atoms with Gasteiger partial charge in [-0.25, -0.2) is 5.43 Å².